The highest BCUT2D eigenvalue weighted by atomic mass is 127. The van der Waals surface area contributed by atoms with Crippen LogP contribution in [0.4, 0.5) is 0 Å². The second kappa shape index (κ2) is 11.9. The summed E-state index contributed by atoms with van der Waals surface area (Å²) in [6.45, 7) is 4.53. The molecular weight excluding hydrogens is 433 g/mol. The molecule has 0 aliphatic carbocycles. The molecule has 0 saturated carbocycles. The minimum atomic E-state index is -0.150. The molecule has 25 heavy (non-hydrogen) atoms. The number of nitrogens with one attached hydrogen (secondary N) is 2. The van der Waals surface area contributed by atoms with Crippen molar-refractivity contribution in [3.8, 4) is 5.75 Å². The van der Waals surface area contributed by atoms with E-state index in [0.717, 1.165) is 44.1 Å². The number of benzene rings is 1. The molecule has 1 aliphatic rings. The van der Waals surface area contributed by atoms with Gasteiger partial charge in [0.1, 0.15) is 5.75 Å². The third-order valence-corrected chi connectivity index (χ3v) is 3.84. The van der Waals surface area contributed by atoms with Crippen molar-refractivity contribution >= 4 is 35.9 Å². The predicted molar refractivity (Wildman–Crippen MR) is 110 cm³/mol. The van der Waals surface area contributed by atoms with Crippen LogP contribution in [0.25, 0.3) is 0 Å². The highest BCUT2D eigenvalue weighted by Crippen LogP contribution is 2.25. The molecule has 1 heterocycles. The Kier molecular flexibility index (Phi) is 10.3. The first kappa shape index (κ1) is 21.5. The van der Waals surface area contributed by atoms with Crippen molar-refractivity contribution < 1.29 is 14.3 Å². The van der Waals surface area contributed by atoms with Gasteiger partial charge in [0.25, 0.3) is 0 Å². The number of rotatable bonds is 8. The van der Waals surface area contributed by atoms with Crippen LogP contribution in [-0.2, 0) is 22.4 Å². The van der Waals surface area contributed by atoms with E-state index in [1.807, 2.05) is 6.92 Å². The monoisotopic (exact) mass is 461 g/mol. The van der Waals surface area contributed by atoms with Crippen LogP contribution in [0, 0.1) is 0 Å². The normalized spacial score (nSPS) is 12.6. The fraction of sp³-hybridized carbons (Fsp3) is 0.556. The molecule has 2 N–H and O–H groups in total. The SMILES string of the molecule is CCOC(=O)CCCNC(=NC)NCCc1ccc2c(c1)CCO2.I. The first-order valence-electron chi connectivity index (χ1n) is 8.57. The van der Waals surface area contributed by atoms with Gasteiger partial charge >= 0.3 is 5.97 Å². The topological polar surface area (TPSA) is 72.0 Å². The van der Waals surface area contributed by atoms with E-state index >= 15 is 0 Å². The highest BCUT2D eigenvalue weighted by Gasteiger charge is 2.11. The van der Waals surface area contributed by atoms with Crippen molar-refractivity contribution in [2.75, 3.05) is 33.4 Å². The van der Waals surface area contributed by atoms with Crippen molar-refractivity contribution in [2.45, 2.75) is 32.6 Å². The van der Waals surface area contributed by atoms with E-state index in [0.29, 0.717) is 19.6 Å². The quantitative estimate of drug-likeness (QED) is 0.204. The fourth-order valence-electron chi connectivity index (χ4n) is 2.61. The molecule has 0 bridgehead atoms. The van der Waals surface area contributed by atoms with Gasteiger partial charge in [-0.2, -0.15) is 0 Å². The van der Waals surface area contributed by atoms with Crippen molar-refractivity contribution in [3.05, 3.63) is 29.3 Å². The zero-order valence-electron chi connectivity index (χ0n) is 15.0. The maximum Gasteiger partial charge on any atom is 0.305 e. The molecule has 0 spiro atoms. The van der Waals surface area contributed by atoms with Crippen LogP contribution in [0.5, 0.6) is 5.75 Å². The van der Waals surface area contributed by atoms with E-state index in [1.165, 1.54) is 11.1 Å². The van der Waals surface area contributed by atoms with Gasteiger partial charge in [-0.25, -0.2) is 0 Å². The third-order valence-electron chi connectivity index (χ3n) is 3.84. The van der Waals surface area contributed by atoms with Crippen LogP contribution < -0.4 is 15.4 Å². The summed E-state index contributed by atoms with van der Waals surface area (Å²) >= 11 is 0. The first-order valence-corrected chi connectivity index (χ1v) is 8.57. The molecule has 0 radical (unpaired) electrons. The molecule has 0 aromatic heterocycles. The summed E-state index contributed by atoms with van der Waals surface area (Å²) < 4.78 is 10.4. The van der Waals surface area contributed by atoms with Gasteiger partial charge < -0.3 is 20.1 Å². The number of esters is 1. The number of nitrogens with zero attached hydrogens (tertiary/aromatic N) is 1. The van der Waals surface area contributed by atoms with Crippen molar-refractivity contribution in [1.29, 1.82) is 0 Å². The van der Waals surface area contributed by atoms with E-state index in [1.54, 1.807) is 7.05 Å². The highest BCUT2D eigenvalue weighted by molar-refractivity contribution is 14.0. The number of hydrogen-bond acceptors (Lipinski definition) is 4. The molecule has 2 rings (SSSR count). The molecule has 6 nitrogen and oxygen atoms in total. The Morgan fingerprint density at radius 1 is 1.32 bits per heavy atom. The van der Waals surface area contributed by atoms with E-state index in [2.05, 4.69) is 33.8 Å². The molecule has 7 heteroatoms. The zero-order chi connectivity index (χ0) is 17.2. The van der Waals surface area contributed by atoms with E-state index in [9.17, 15) is 4.79 Å². The van der Waals surface area contributed by atoms with E-state index in [-0.39, 0.29) is 29.9 Å². The molecule has 0 saturated heterocycles. The average Bonchev–Trinajstić information content (AvgIpc) is 3.05. The number of fused-ring (bicyclic) bond motifs is 1. The molecule has 140 valence electrons. The molecule has 0 fully saturated rings. The summed E-state index contributed by atoms with van der Waals surface area (Å²) in [6, 6.07) is 6.39. The number of halogens is 1. The van der Waals surface area contributed by atoms with Crippen LogP contribution in [0.1, 0.15) is 30.9 Å². The summed E-state index contributed by atoms with van der Waals surface area (Å²) in [5, 5.41) is 6.50. The van der Waals surface area contributed by atoms with Gasteiger partial charge in [0.05, 0.1) is 13.2 Å². The average molecular weight is 461 g/mol. The van der Waals surface area contributed by atoms with Crippen molar-refractivity contribution in [1.82, 2.24) is 10.6 Å². The molecule has 0 amide bonds. The number of aliphatic imine (C=N–C) groups is 1. The van der Waals surface area contributed by atoms with Gasteiger partial charge in [0.2, 0.25) is 0 Å². The summed E-state index contributed by atoms with van der Waals surface area (Å²) in [5.41, 5.74) is 2.60. The Hall–Kier alpha value is -1.51. The smallest absolute Gasteiger partial charge is 0.305 e. The number of hydrogen-bond donors (Lipinski definition) is 2. The number of carbonyl (C=O) groups is 1. The van der Waals surface area contributed by atoms with Crippen molar-refractivity contribution in [3.63, 3.8) is 0 Å². The van der Waals surface area contributed by atoms with Crippen LogP contribution in [0.15, 0.2) is 23.2 Å². The van der Waals surface area contributed by atoms with Gasteiger partial charge in [-0.05, 0) is 37.0 Å². The lowest BCUT2D eigenvalue weighted by molar-refractivity contribution is -0.143. The van der Waals surface area contributed by atoms with Gasteiger partial charge in [0.15, 0.2) is 5.96 Å². The second-order valence-electron chi connectivity index (χ2n) is 5.62. The van der Waals surface area contributed by atoms with Crippen LogP contribution in [-0.4, -0.2) is 45.3 Å². The first-order chi connectivity index (χ1) is 11.7. The Morgan fingerprint density at radius 2 is 2.12 bits per heavy atom. The summed E-state index contributed by atoms with van der Waals surface area (Å²) in [4.78, 5) is 15.5. The lowest BCUT2D eigenvalue weighted by atomic mass is 10.1. The van der Waals surface area contributed by atoms with Crippen LogP contribution in [0.2, 0.25) is 0 Å². The number of ether oxygens (including phenoxy) is 2. The Bertz CT molecular complexity index is 579. The Morgan fingerprint density at radius 3 is 2.88 bits per heavy atom. The van der Waals surface area contributed by atoms with Crippen LogP contribution in [0.3, 0.4) is 0 Å². The van der Waals surface area contributed by atoms with Gasteiger partial charge in [-0.3, -0.25) is 9.79 Å². The van der Waals surface area contributed by atoms with Gasteiger partial charge in [0, 0.05) is 33.0 Å². The van der Waals surface area contributed by atoms with E-state index in [4.69, 9.17) is 9.47 Å². The minimum absolute atomic E-state index is 0. The number of guanidine groups is 1. The molecule has 0 atom stereocenters. The zero-order valence-corrected chi connectivity index (χ0v) is 17.3. The maximum absolute atomic E-state index is 11.3. The standard InChI is InChI=1S/C18H27N3O3.HI/c1-3-23-17(22)5-4-10-20-18(19-2)21-11-8-14-6-7-16-15(13-14)9-12-24-16;/h6-7,13H,3-5,8-12H2,1-2H3,(H2,19,20,21);1H. The minimum Gasteiger partial charge on any atom is -0.493 e. The molecule has 1 aromatic rings. The third kappa shape index (κ3) is 7.50. The summed E-state index contributed by atoms with van der Waals surface area (Å²) in [7, 11) is 1.74. The molecular formula is C18H28IN3O3. The summed E-state index contributed by atoms with van der Waals surface area (Å²) in [6.07, 6.45) is 3.08. The molecule has 0 unspecified atom stereocenters. The fourth-order valence-corrected chi connectivity index (χ4v) is 2.61. The van der Waals surface area contributed by atoms with Gasteiger partial charge in [-0.15, -0.1) is 24.0 Å². The largest absolute Gasteiger partial charge is 0.493 e. The Labute approximate surface area is 166 Å². The maximum atomic E-state index is 11.3. The molecule has 1 aliphatic heterocycles. The second-order valence-corrected chi connectivity index (χ2v) is 5.62. The summed E-state index contributed by atoms with van der Waals surface area (Å²) in [5.74, 6) is 1.62. The van der Waals surface area contributed by atoms with Gasteiger partial charge in [-0.1, -0.05) is 12.1 Å². The molecule has 1 aromatic carbocycles. The van der Waals surface area contributed by atoms with E-state index < -0.39 is 0 Å². The lowest BCUT2D eigenvalue weighted by Gasteiger charge is -2.12. The van der Waals surface area contributed by atoms with Crippen molar-refractivity contribution in [2.24, 2.45) is 4.99 Å². The van der Waals surface area contributed by atoms with Crippen LogP contribution >= 0.6 is 24.0 Å². The number of carbonyl (C=O) groups excluding carboxylic acids is 1. The Balaban J connectivity index is 0.00000312. The predicted octanol–water partition coefficient (Wildman–Crippen LogP) is 2.29. The lowest BCUT2D eigenvalue weighted by Crippen LogP contribution is -2.38.